The van der Waals surface area contributed by atoms with Crippen molar-refractivity contribution in [3.05, 3.63) is 22.8 Å². The molecule has 0 radical (unpaired) electrons. The number of carbonyl (C=O) groups is 4. The highest BCUT2D eigenvalue weighted by Crippen LogP contribution is 2.42. The van der Waals surface area contributed by atoms with E-state index in [0.717, 1.165) is 6.92 Å². The van der Waals surface area contributed by atoms with E-state index in [2.05, 4.69) is 20.9 Å². The van der Waals surface area contributed by atoms with E-state index in [4.69, 9.17) is 14.2 Å². The van der Waals surface area contributed by atoms with Crippen LogP contribution in [-0.4, -0.2) is 63.2 Å². The Labute approximate surface area is 185 Å². The first-order chi connectivity index (χ1) is 14.6. The number of halogens is 1. The molecule has 0 bridgehead atoms. The Hall–Kier alpha value is -2.73. The molecule has 0 spiro atoms. The second-order valence-electron chi connectivity index (χ2n) is 7.04. The lowest BCUT2D eigenvalue weighted by Gasteiger charge is -2.45. The summed E-state index contributed by atoms with van der Waals surface area (Å²) in [5.74, 6) is -7.11. The molecule has 0 aromatic carbocycles. The van der Waals surface area contributed by atoms with Crippen molar-refractivity contribution in [2.45, 2.75) is 38.6 Å². The summed E-state index contributed by atoms with van der Waals surface area (Å²) in [6, 6.07) is 3.27. The molecule has 12 heteroatoms. The number of pyridine rings is 1. The van der Waals surface area contributed by atoms with Gasteiger partial charge in [0.2, 0.25) is 12.2 Å². The van der Waals surface area contributed by atoms with Gasteiger partial charge in [0.25, 0.3) is 0 Å². The second kappa shape index (κ2) is 11.0. The van der Waals surface area contributed by atoms with Crippen molar-refractivity contribution >= 4 is 39.8 Å². The van der Waals surface area contributed by atoms with Crippen molar-refractivity contribution in [3.8, 4) is 5.88 Å². The van der Waals surface area contributed by atoms with Crippen LogP contribution >= 0.6 is 15.9 Å². The Morgan fingerprint density at radius 1 is 1.03 bits per heavy atom. The van der Waals surface area contributed by atoms with Crippen LogP contribution in [0.1, 0.15) is 26.2 Å². The molecule has 2 rings (SSSR count). The highest BCUT2D eigenvalue weighted by atomic mass is 79.9. The van der Waals surface area contributed by atoms with Gasteiger partial charge in [0.15, 0.2) is 0 Å². The van der Waals surface area contributed by atoms with Gasteiger partial charge in [-0.2, -0.15) is 0 Å². The molecule has 1 saturated heterocycles. The molecule has 0 amide bonds. The fourth-order valence-electron chi connectivity index (χ4n) is 3.65. The summed E-state index contributed by atoms with van der Waals surface area (Å²) in [7, 11) is 0. The number of aliphatic carboxylic acids is 3. The predicted molar refractivity (Wildman–Crippen MR) is 105 cm³/mol. The lowest BCUT2D eigenvalue weighted by Crippen LogP contribution is -2.53. The highest BCUT2D eigenvalue weighted by molar-refractivity contribution is 9.10. The molecule has 1 aliphatic heterocycles. The SMILES string of the molecule is CC(=O)OC[C@@H]1O[C@H](Oc2ncccc2Br)[C@H](CC(=O)O)[C@@H](CC(=O)O)[C@H]1CC(=O)O. The Morgan fingerprint density at radius 3 is 2.16 bits per heavy atom. The number of rotatable bonds is 10. The van der Waals surface area contributed by atoms with Crippen LogP contribution in [0.2, 0.25) is 0 Å². The Kier molecular flexibility index (Phi) is 8.75. The van der Waals surface area contributed by atoms with Gasteiger partial charge in [-0.05, 0) is 34.0 Å². The molecule has 2 heterocycles. The summed E-state index contributed by atoms with van der Waals surface area (Å²) >= 11 is 3.26. The molecule has 1 fully saturated rings. The third-order valence-corrected chi connectivity index (χ3v) is 5.47. The third kappa shape index (κ3) is 7.17. The number of hydrogen-bond acceptors (Lipinski definition) is 8. The summed E-state index contributed by atoms with van der Waals surface area (Å²) < 4.78 is 17.1. The number of aromatic nitrogens is 1. The monoisotopic (exact) mass is 503 g/mol. The fraction of sp³-hybridized carbons (Fsp3) is 0.526. The van der Waals surface area contributed by atoms with Gasteiger partial charge in [-0.25, -0.2) is 4.98 Å². The minimum Gasteiger partial charge on any atom is -0.481 e. The van der Waals surface area contributed by atoms with E-state index in [0.29, 0.717) is 4.47 Å². The summed E-state index contributed by atoms with van der Waals surface area (Å²) in [6.07, 6.45) is -2.39. The first-order valence-electron chi connectivity index (χ1n) is 9.29. The van der Waals surface area contributed by atoms with Crippen molar-refractivity contribution in [1.29, 1.82) is 0 Å². The zero-order valence-corrected chi connectivity index (χ0v) is 18.1. The maximum Gasteiger partial charge on any atom is 0.303 e. The Morgan fingerprint density at radius 2 is 1.61 bits per heavy atom. The molecule has 0 aliphatic carbocycles. The molecule has 11 nitrogen and oxygen atoms in total. The van der Waals surface area contributed by atoms with Gasteiger partial charge in [0.1, 0.15) is 6.61 Å². The molecule has 1 aromatic rings. The quantitative estimate of drug-likeness (QED) is 0.397. The molecular weight excluding hydrogens is 482 g/mol. The van der Waals surface area contributed by atoms with Crippen molar-refractivity contribution in [2.75, 3.05) is 6.61 Å². The number of carboxylic acids is 3. The van der Waals surface area contributed by atoms with Gasteiger partial charge in [-0.15, -0.1) is 0 Å². The van der Waals surface area contributed by atoms with Gasteiger partial charge in [-0.1, -0.05) is 0 Å². The zero-order chi connectivity index (χ0) is 23.1. The van der Waals surface area contributed by atoms with Gasteiger partial charge >= 0.3 is 23.9 Å². The zero-order valence-electron chi connectivity index (χ0n) is 16.5. The number of hydrogen-bond donors (Lipinski definition) is 3. The average molecular weight is 504 g/mol. The van der Waals surface area contributed by atoms with E-state index in [9.17, 15) is 34.5 Å². The molecule has 5 atom stereocenters. The lowest BCUT2D eigenvalue weighted by molar-refractivity contribution is -0.238. The van der Waals surface area contributed by atoms with Gasteiger partial charge in [-0.3, -0.25) is 19.2 Å². The van der Waals surface area contributed by atoms with Crippen molar-refractivity contribution in [3.63, 3.8) is 0 Å². The van der Waals surface area contributed by atoms with Gasteiger partial charge in [0.05, 0.1) is 23.4 Å². The minimum atomic E-state index is -1.27. The first kappa shape index (κ1) is 24.5. The van der Waals surface area contributed by atoms with E-state index >= 15 is 0 Å². The fourth-order valence-corrected chi connectivity index (χ4v) is 4.00. The maximum absolute atomic E-state index is 11.5. The smallest absolute Gasteiger partial charge is 0.303 e. The van der Waals surface area contributed by atoms with Crippen molar-refractivity contribution in [1.82, 2.24) is 4.98 Å². The number of carboxylic acid groups (broad SMARTS) is 3. The number of esters is 1. The van der Waals surface area contributed by atoms with Crippen LogP contribution in [0.25, 0.3) is 0 Å². The largest absolute Gasteiger partial charge is 0.481 e. The minimum absolute atomic E-state index is 0.0832. The topological polar surface area (TPSA) is 170 Å². The summed E-state index contributed by atoms with van der Waals surface area (Å²) in [5, 5.41) is 28.2. The molecule has 1 aromatic heterocycles. The predicted octanol–water partition coefficient (Wildman–Crippen LogP) is 1.78. The standard InChI is InChI=1S/C19H22BrNO10/c1-9(22)29-8-14-11(6-16(25)26)10(5-15(23)24)12(7-17(27)28)19(30-14)31-18-13(20)3-2-4-21-18/h2-4,10-12,14,19H,5-8H2,1H3,(H,23,24)(H,25,26)(H,27,28)/t10-,11+,12+,14-,19+/m0/s1. The summed E-state index contributed by atoms with van der Waals surface area (Å²) in [5.41, 5.74) is 0. The average Bonchev–Trinajstić information content (AvgIpc) is 2.65. The van der Waals surface area contributed by atoms with Crippen LogP contribution < -0.4 is 4.74 Å². The van der Waals surface area contributed by atoms with Crippen molar-refractivity contribution in [2.24, 2.45) is 17.8 Å². The van der Waals surface area contributed by atoms with Gasteiger partial charge in [0, 0.05) is 31.4 Å². The van der Waals surface area contributed by atoms with E-state index in [1.54, 1.807) is 12.1 Å². The molecule has 170 valence electrons. The number of nitrogens with zero attached hydrogens (tertiary/aromatic N) is 1. The molecule has 0 saturated carbocycles. The van der Waals surface area contributed by atoms with Crippen LogP contribution in [0.4, 0.5) is 0 Å². The third-order valence-electron chi connectivity index (χ3n) is 4.87. The van der Waals surface area contributed by atoms with Crippen LogP contribution in [0.15, 0.2) is 22.8 Å². The second-order valence-corrected chi connectivity index (χ2v) is 7.89. The maximum atomic E-state index is 11.5. The molecule has 3 N–H and O–H groups in total. The normalized spacial score (nSPS) is 25.4. The van der Waals surface area contributed by atoms with Crippen molar-refractivity contribution < 1.29 is 48.7 Å². The Bertz CT molecular complexity index is 832. The molecular formula is C19H22BrNO10. The van der Waals surface area contributed by atoms with E-state index in [1.807, 2.05) is 0 Å². The Balaban J connectivity index is 2.46. The van der Waals surface area contributed by atoms with Gasteiger partial charge < -0.3 is 29.5 Å². The number of ether oxygens (including phenoxy) is 3. The number of carbonyl (C=O) groups excluding carboxylic acids is 1. The van der Waals surface area contributed by atoms with E-state index < -0.39 is 73.3 Å². The summed E-state index contributed by atoms with van der Waals surface area (Å²) in [4.78, 5) is 49.8. The summed E-state index contributed by atoms with van der Waals surface area (Å²) in [6.45, 7) is 0.822. The first-order valence-corrected chi connectivity index (χ1v) is 10.1. The molecule has 0 unspecified atom stereocenters. The van der Waals surface area contributed by atoms with E-state index in [1.165, 1.54) is 6.20 Å². The molecule has 31 heavy (non-hydrogen) atoms. The van der Waals surface area contributed by atoms with Crippen LogP contribution in [0, 0.1) is 17.8 Å². The lowest BCUT2D eigenvalue weighted by atomic mass is 9.71. The van der Waals surface area contributed by atoms with Crippen LogP contribution in [-0.2, 0) is 28.7 Å². The molecule has 1 aliphatic rings. The van der Waals surface area contributed by atoms with E-state index in [-0.39, 0.29) is 12.5 Å². The van der Waals surface area contributed by atoms with Crippen LogP contribution in [0.5, 0.6) is 5.88 Å². The highest BCUT2D eigenvalue weighted by Gasteiger charge is 2.49. The van der Waals surface area contributed by atoms with Crippen LogP contribution in [0.3, 0.4) is 0 Å².